The van der Waals surface area contributed by atoms with E-state index in [4.69, 9.17) is 0 Å². The predicted octanol–water partition coefficient (Wildman–Crippen LogP) is -2.68. The van der Waals surface area contributed by atoms with E-state index in [0.29, 0.717) is 0 Å². The first-order chi connectivity index (χ1) is 1.00. The quantitative estimate of drug-likeness (QED) is 0.198. The van der Waals surface area contributed by atoms with Crippen molar-refractivity contribution in [2.24, 2.45) is 0 Å². The van der Waals surface area contributed by atoms with Crippen LogP contribution in [0.4, 0.5) is 0 Å². The van der Waals surface area contributed by atoms with Crippen LogP contribution < -0.4 is 17.0 Å². The van der Waals surface area contributed by atoms with Gasteiger partial charge in [-0.2, -0.15) is 0 Å². The minimum absolute atomic E-state index is 0. The van der Waals surface area contributed by atoms with Gasteiger partial charge in [0, 0.05) is 0 Å². The van der Waals surface area contributed by atoms with Crippen LogP contribution in [-0.2, 0) is 0 Å². The zero-order valence-electron chi connectivity index (χ0n) is 3.24. The van der Waals surface area contributed by atoms with Crippen LogP contribution in [0.3, 0.4) is 0 Å². The van der Waals surface area contributed by atoms with Gasteiger partial charge in [-0.1, -0.05) is 0 Å². The molecule has 0 aliphatic carbocycles. The largest absolute Gasteiger partial charge is 2.00 e. The van der Waals surface area contributed by atoms with Gasteiger partial charge in [0.2, 0.25) is 0 Å². The second-order valence-corrected chi connectivity index (χ2v) is 0. The van der Waals surface area contributed by atoms with Crippen molar-refractivity contribution < 1.29 is 17.0 Å². The zero-order chi connectivity index (χ0) is 2.00. The minimum Gasteiger partial charge on any atom is -1.00 e. The fourth-order valence-corrected chi connectivity index (χ4v) is 0. The molecule has 0 nitrogen and oxygen atoms in total. The number of hydrogen-bond donors (Lipinski definition) is 0. The Morgan fingerprint density at radius 1 is 1.00 bits per heavy atom. The summed E-state index contributed by atoms with van der Waals surface area (Å²) >= 11 is 0. The van der Waals surface area contributed by atoms with Crippen molar-refractivity contribution in [3.63, 3.8) is 0 Å². The molecule has 0 bridgehead atoms. The van der Waals surface area contributed by atoms with Crippen molar-refractivity contribution in [1.82, 2.24) is 0 Å². The molecule has 0 heterocycles. The Morgan fingerprint density at radius 3 is 1.00 bits per heavy atom. The van der Waals surface area contributed by atoms with Crippen molar-refractivity contribution >= 4 is 23.1 Å². The molecule has 0 radical (unpaired) electrons. The van der Waals surface area contributed by atoms with Gasteiger partial charge >= 0.3 is 23.1 Å². The third-order valence-corrected chi connectivity index (χ3v) is 0. The molecule has 0 rings (SSSR count). The Labute approximate surface area is 60.3 Å². The van der Waals surface area contributed by atoms with Crippen molar-refractivity contribution in [3.8, 4) is 12.8 Å². The predicted molar refractivity (Wildman–Crippen MR) is 22.1 cm³/mol. The molecule has 0 saturated carbocycles. The maximum absolute atomic E-state index is 4.00. The molecule has 2 heteroatoms. The minimum atomic E-state index is 0. The van der Waals surface area contributed by atoms with Gasteiger partial charge in [0.15, 0.2) is 0 Å². The van der Waals surface area contributed by atoms with Crippen LogP contribution >= 0.6 is 0 Å². The number of rotatable bonds is 0. The molecule has 0 N–H and O–H groups in total. The Morgan fingerprint density at radius 2 is 1.00 bits per heavy atom. The molecule has 0 aromatic heterocycles. The summed E-state index contributed by atoms with van der Waals surface area (Å²) < 4.78 is 0. The van der Waals surface area contributed by atoms with Crippen LogP contribution in [0.5, 0.6) is 0 Å². The van der Waals surface area contributed by atoms with Gasteiger partial charge in [-0.25, -0.2) is 0 Å². The first kappa shape index (κ1) is 41.1. The molecule has 5 heavy (non-hydrogen) atoms. The van der Waals surface area contributed by atoms with Gasteiger partial charge in [-0.05, 0) is 0 Å². The fraction of sp³-hybridized carbons (Fsp3) is 0. The molecule has 0 aromatic carbocycles. The molecule has 0 amide bonds. The van der Waals surface area contributed by atoms with Crippen LogP contribution in [0.2, 0.25) is 0 Å². The summed E-state index contributed by atoms with van der Waals surface area (Å²) in [5, 5.41) is 0. The van der Waals surface area contributed by atoms with Crippen molar-refractivity contribution in [3.05, 3.63) is 7.43 Å². The smallest absolute Gasteiger partial charge is 1.00 e. The van der Waals surface area contributed by atoms with Gasteiger partial charge in [-0.15, -0.1) is 12.8 Å². The van der Waals surface area contributed by atoms with Gasteiger partial charge in [0.25, 0.3) is 0 Å². The Bertz CT molecular complexity index is 11.6. The zero-order valence-corrected chi connectivity index (χ0v) is 6.24. The van der Waals surface area contributed by atoms with Crippen molar-refractivity contribution in [2.45, 2.75) is 0 Å². The first-order valence-corrected chi connectivity index (χ1v) is 0.333. The van der Waals surface area contributed by atoms with E-state index in [9.17, 15) is 0 Å². The van der Waals surface area contributed by atoms with E-state index in [1.807, 2.05) is 0 Å². The molecule has 0 fully saturated rings. The van der Waals surface area contributed by atoms with Gasteiger partial charge < -0.3 is 24.4 Å². The third-order valence-electron chi connectivity index (χ3n) is 0. The molecule has 0 spiro atoms. The van der Waals surface area contributed by atoms with Crippen LogP contribution in [0.25, 0.3) is 0 Å². The van der Waals surface area contributed by atoms with Gasteiger partial charge in [0.1, 0.15) is 0 Å². The van der Waals surface area contributed by atoms with E-state index in [1.54, 1.807) is 0 Å². The van der Waals surface area contributed by atoms with Crippen LogP contribution in [0.1, 0.15) is 0 Å². The Hall–Kier alpha value is 0.806. The monoisotopic (exact) mass is 144 g/mol. The molecular formula is C3H5BrMg. The van der Waals surface area contributed by atoms with Crippen molar-refractivity contribution in [2.75, 3.05) is 0 Å². The molecule has 0 saturated heterocycles. The summed E-state index contributed by atoms with van der Waals surface area (Å²) in [5.74, 6) is 0. The van der Waals surface area contributed by atoms with Gasteiger partial charge in [-0.3, -0.25) is 0 Å². The molecule has 0 aliphatic rings. The Kier molecular flexibility index (Phi) is 881. The maximum Gasteiger partial charge on any atom is 2.00 e. The summed E-state index contributed by atoms with van der Waals surface area (Å²) in [5.41, 5.74) is 0. The summed E-state index contributed by atoms with van der Waals surface area (Å²) in [7, 11) is 0. The standard InChI is InChI=1S/C2H2.CH3.BrH.Mg/c1-2;;;/h1-2H;1H3;1H;/q;-1;;+2/p-1. The summed E-state index contributed by atoms with van der Waals surface area (Å²) in [6.07, 6.45) is 8.00. The second kappa shape index (κ2) is 107. The van der Waals surface area contributed by atoms with E-state index < -0.39 is 0 Å². The van der Waals surface area contributed by atoms with Crippen molar-refractivity contribution in [1.29, 1.82) is 0 Å². The molecule has 26 valence electrons. The first-order valence-electron chi connectivity index (χ1n) is 0.333. The SMILES string of the molecule is C#C.[Br-].[CH3-].[Mg+2]. The van der Waals surface area contributed by atoms with Gasteiger partial charge in [0.05, 0.1) is 0 Å². The molecule has 0 atom stereocenters. The normalized spacial score (nSPS) is 0.400. The van der Waals surface area contributed by atoms with Crippen LogP contribution in [-0.4, -0.2) is 23.1 Å². The topological polar surface area (TPSA) is 0 Å². The summed E-state index contributed by atoms with van der Waals surface area (Å²) in [6, 6.07) is 0. The second-order valence-electron chi connectivity index (χ2n) is 0. The number of halogens is 1. The average molecular weight is 145 g/mol. The summed E-state index contributed by atoms with van der Waals surface area (Å²) in [4.78, 5) is 0. The maximum atomic E-state index is 4.00. The summed E-state index contributed by atoms with van der Waals surface area (Å²) in [6.45, 7) is 0. The number of terminal acetylenes is 1. The Balaban J connectivity index is -0.00000000167. The van der Waals surface area contributed by atoms with E-state index in [1.165, 1.54) is 0 Å². The average Bonchev–Trinajstić information content (AvgIpc) is 1.00. The third kappa shape index (κ3) is 58.2. The number of hydrogen-bond acceptors (Lipinski definition) is 0. The van der Waals surface area contributed by atoms with Crippen LogP contribution in [0.15, 0.2) is 0 Å². The fourth-order valence-electron chi connectivity index (χ4n) is 0. The molecule has 0 aromatic rings. The van der Waals surface area contributed by atoms with E-state index >= 15 is 0 Å². The van der Waals surface area contributed by atoms with E-state index in [0.717, 1.165) is 0 Å². The van der Waals surface area contributed by atoms with E-state index in [2.05, 4.69) is 12.8 Å². The van der Waals surface area contributed by atoms with Crippen LogP contribution in [0, 0.1) is 20.3 Å². The molecule has 0 unspecified atom stereocenters. The molecule has 0 aliphatic heterocycles. The molecular weight excluding hydrogens is 140 g/mol. The van der Waals surface area contributed by atoms with E-state index in [-0.39, 0.29) is 47.5 Å².